The molecular formula is C13H13BrN4. The summed E-state index contributed by atoms with van der Waals surface area (Å²) in [5.41, 5.74) is 4.78. The van der Waals surface area contributed by atoms with Gasteiger partial charge in [0.25, 0.3) is 0 Å². The lowest BCUT2D eigenvalue weighted by molar-refractivity contribution is 0.511. The van der Waals surface area contributed by atoms with E-state index in [1.807, 2.05) is 6.20 Å². The Morgan fingerprint density at radius 1 is 1.28 bits per heavy atom. The van der Waals surface area contributed by atoms with Gasteiger partial charge < -0.3 is 5.32 Å². The molecule has 0 spiro atoms. The molecule has 92 valence electrons. The highest BCUT2D eigenvalue weighted by molar-refractivity contribution is 9.10. The molecule has 2 N–H and O–H groups in total. The Hall–Kier alpha value is -1.20. The van der Waals surface area contributed by atoms with Crippen LogP contribution in [0.4, 0.5) is 0 Å². The number of nitrogens with zero attached hydrogens (tertiary/aromatic N) is 2. The predicted molar refractivity (Wildman–Crippen MR) is 72.1 cm³/mol. The summed E-state index contributed by atoms with van der Waals surface area (Å²) in [5.74, 6) is 0. The molecule has 4 heterocycles. The highest BCUT2D eigenvalue weighted by Crippen LogP contribution is 2.40. The van der Waals surface area contributed by atoms with Gasteiger partial charge in [-0.2, -0.15) is 5.10 Å². The summed E-state index contributed by atoms with van der Waals surface area (Å²) >= 11 is 3.47. The molecule has 2 aromatic rings. The van der Waals surface area contributed by atoms with Crippen molar-refractivity contribution in [3.05, 3.63) is 34.2 Å². The van der Waals surface area contributed by atoms with Crippen molar-refractivity contribution in [2.45, 2.75) is 31.3 Å². The summed E-state index contributed by atoms with van der Waals surface area (Å²) in [6.07, 6.45) is 7.23. The van der Waals surface area contributed by atoms with E-state index in [2.05, 4.69) is 42.5 Å². The molecule has 4 nitrogen and oxygen atoms in total. The molecule has 2 atom stereocenters. The van der Waals surface area contributed by atoms with Gasteiger partial charge in [-0.1, -0.05) is 0 Å². The van der Waals surface area contributed by atoms with Crippen molar-refractivity contribution in [3.63, 3.8) is 0 Å². The zero-order valence-corrected chi connectivity index (χ0v) is 11.4. The average molecular weight is 305 g/mol. The Balaban J connectivity index is 1.86. The summed E-state index contributed by atoms with van der Waals surface area (Å²) < 4.78 is 0.991. The normalized spacial score (nSPS) is 25.2. The molecule has 1 saturated heterocycles. The smallest absolute Gasteiger partial charge is 0.0987 e. The second-order valence-corrected chi connectivity index (χ2v) is 5.97. The number of pyridine rings is 1. The number of nitrogens with one attached hydrogen (secondary N) is 2. The van der Waals surface area contributed by atoms with E-state index in [-0.39, 0.29) is 0 Å². The van der Waals surface area contributed by atoms with Crippen molar-refractivity contribution in [1.29, 1.82) is 0 Å². The summed E-state index contributed by atoms with van der Waals surface area (Å²) in [5, 5.41) is 11.4. The Labute approximate surface area is 113 Å². The molecule has 4 rings (SSSR count). The molecular weight excluding hydrogens is 292 g/mol. The van der Waals surface area contributed by atoms with Gasteiger partial charge in [0.15, 0.2) is 0 Å². The number of hydrogen-bond acceptors (Lipinski definition) is 3. The van der Waals surface area contributed by atoms with Gasteiger partial charge in [-0.15, -0.1) is 0 Å². The fourth-order valence-corrected chi connectivity index (χ4v) is 3.50. The number of aromatic nitrogens is 3. The van der Waals surface area contributed by atoms with Crippen LogP contribution in [0.25, 0.3) is 11.3 Å². The lowest BCUT2D eigenvalue weighted by Gasteiger charge is -2.21. The number of aromatic amines is 1. The van der Waals surface area contributed by atoms with Crippen LogP contribution in [0.5, 0.6) is 0 Å². The maximum absolute atomic E-state index is 4.50. The summed E-state index contributed by atoms with van der Waals surface area (Å²) in [7, 11) is 0. The number of H-pyrrole nitrogens is 1. The Morgan fingerprint density at radius 2 is 2.22 bits per heavy atom. The first-order chi connectivity index (χ1) is 8.81. The molecule has 2 aliphatic heterocycles. The SMILES string of the molecule is Brc1cncc(-c2n[nH]c3c2[C@H]2CC[C@@H](C3)N2)c1. The van der Waals surface area contributed by atoms with E-state index >= 15 is 0 Å². The van der Waals surface area contributed by atoms with Crippen molar-refractivity contribution >= 4 is 15.9 Å². The molecule has 2 bridgehead atoms. The molecule has 5 heteroatoms. The van der Waals surface area contributed by atoms with Gasteiger partial charge in [-0.3, -0.25) is 10.1 Å². The topological polar surface area (TPSA) is 53.6 Å². The first-order valence-corrected chi connectivity index (χ1v) is 7.04. The van der Waals surface area contributed by atoms with Gasteiger partial charge in [0.1, 0.15) is 0 Å². The summed E-state index contributed by atoms with van der Waals surface area (Å²) in [6, 6.07) is 3.17. The minimum absolute atomic E-state index is 0.464. The second-order valence-electron chi connectivity index (χ2n) is 5.05. The maximum atomic E-state index is 4.50. The first kappa shape index (κ1) is 10.7. The van der Waals surface area contributed by atoms with Crippen LogP contribution in [0.15, 0.2) is 22.9 Å². The fourth-order valence-electron chi connectivity index (χ4n) is 3.13. The van der Waals surface area contributed by atoms with Gasteiger partial charge in [0, 0.05) is 52.2 Å². The molecule has 0 amide bonds. The Morgan fingerprint density at radius 3 is 3.11 bits per heavy atom. The molecule has 1 fully saturated rings. The molecule has 0 aromatic carbocycles. The molecule has 2 aromatic heterocycles. The first-order valence-electron chi connectivity index (χ1n) is 6.25. The quantitative estimate of drug-likeness (QED) is 0.851. The van der Waals surface area contributed by atoms with E-state index in [9.17, 15) is 0 Å². The predicted octanol–water partition coefficient (Wildman–Crippen LogP) is 2.58. The zero-order valence-electron chi connectivity index (χ0n) is 9.78. The van der Waals surface area contributed by atoms with E-state index in [1.54, 1.807) is 6.20 Å². The van der Waals surface area contributed by atoms with Crippen LogP contribution in [0.2, 0.25) is 0 Å². The Kier molecular flexibility index (Phi) is 2.32. The lowest BCUT2D eigenvalue weighted by atomic mass is 9.97. The third-order valence-electron chi connectivity index (χ3n) is 3.90. The van der Waals surface area contributed by atoms with Gasteiger partial charge in [0.05, 0.1) is 5.69 Å². The van der Waals surface area contributed by atoms with Crippen LogP contribution in [-0.2, 0) is 6.42 Å². The summed E-state index contributed by atoms with van der Waals surface area (Å²) in [4.78, 5) is 4.23. The standard InChI is InChI=1S/C13H13BrN4/c14-8-3-7(5-15-6-8)13-12-10-2-1-9(16-10)4-11(12)17-18-13/h3,5-6,9-10,16H,1-2,4H2,(H,17,18)/t9-,10+/m0/s1. The van der Waals surface area contributed by atoms with Crippen molar-refractivity contribution in [2.75, 3.05) is 0 Å². The largest absolute Gasteiger partial charge is 0.307 e. The fraction of sp³-hybridized carbons (Fsp3) is 0.385. The monoisotopic (exact) mass is 304 g/mol. The molecule has 2 aliphatic rings. The van der Waals surface area contributed by atoms with Crippen LogP contribution in [-0.4, -0.2) is 21.2 Å². The van der Waals surface area contributed by atoms with E-state index < -0.39 is 0 Å². The second kappa shape index (κ2) is 3.90. The van der Waals surface area contributed by atoms with E-state index in [0.29, 0.717) is 12.1 Å². The highest BCUT2D eigenvalue weighted by Gasteiger charge is 2.35. The van der Waals surface area contributed by atoms with Gasteiger partial charge in [-0.05, 0) is 34.8 Å². The van der Waals surface area contributed by atoms with Crippen LogP contribution in [0.3, 0.4) is 0 Å². The average Bonchev–Trinajstić information content (AvgIpc) is 2.95. The minimum Gasteiger partial charge on any atom is -0.307 e. The Bertz CT molecular complexity index is 607. The molecule has 0 unspecified atom stereocenters. The lowest BCUT2D eigenvalue weighted by Crippen LogP contribution is -2.31. The van der Waals surface area contributed by atoms with Gasteiger partial charge in [-0.25, -0.2) is 0 Å². The van der Waals surface area contributed by atoms with Crippen molar-refractivity contribution in [3.8, 4) is 11.3 Å². The van der Waals surface area contributed by atoms with Crippen LogP contribution >= 0.6 is 15.9 Å². The minimum atomic E-state index is 0.464. The molecule has 0 aliphatic carbocycles. The molecule has 0 radical (unpaired) electrons. The van der Waals surface area contributed by atoms with Crippen molar-refractivity contribution < 1.29 is 0 Å². The van der Waals surface area contributed by atoms with E-state index in [0.717, 1.165) is 22.2 Å². The third kappa shape index (κ3) is 1.54. The molecule has 0 saturated carbocycles. The maximum Gasteiger partial charge on any atom is 0.0987 e. The number of fused-ring (bicyclic) bond motifs is 4. The van der Waals surface area contributed by atoms with Crippen LogP contribution < -0.4 is 5.32 Å². The van der Waals surface area contributed by atoms with Crippen molar-refractivity contribution in [1.82, 2.24) is 20.5 Å². The number of halogens is 1. The van der Waals surface area contributed by atoms with Gasteiger partial charge >= 0.3 is 0 Å². The van der Waals surface area contributed by atoms with Crippen LogP contribution in [0.1, 0.15) is 30.1 Å². The van der Waals surface area contributed by atoms with Gasteiger partial charge in [0.2, 0.25) is 0 Å². The molecule has 18 heavy (non-hydrogen) atoms. The zero-order chi connectivity index (χ0) is 12.1. The number of hydrogen-bond donors (Lipinski definition) is 2. The number of rotatable bonds is 1. The third-order valence-corrected chi connectivity index (χ3v) is 4.33. The highest BCUT2D eigenvalue weighted by atomic mass is 79.9. The van der Waals surface area contributed by atoms with E-state index in [4.69, 9.17) is 0 Å². The van der Waals surface area contributed by atoms with Crippen molar-refractivity contribution in [2.24, 2.45) is 0 Å². The summed E-state index contributed by atoms with van der Waals surface area (Å²) in [6.45, 7) is 0. The van der Waals surface area contributed by atoms with Crippen LogP contribution in [0, 0.1) is 0 Å². The van der Waals surface area contributed by atoms with E-state index in [1.165, 1.54) is 24.1 Å².